The standard InChI is InChI=1S/C22H28ClF2N4O8PS/c1-11(2)35-19(32)12(3)28-38(39,37-13-7-5-4-6-8-13)34-10-22(20(24)25)16(31)15(30)18(36-22)29-9-14(23)17(26)27-21(29)33/h4-9,11-12,15-16,18,20,30-31H,10H2,1-3H3,(H,28,39)(H2,26,27,33)/t12-,15-,16-,18+,22+,38?/m0/s1. The van der Waals surface area contributed by atoms with Crippen LogP contribution in [0.2, 0.25) is 5.02 Å². The maximum absolute atomic E-state index is 14.5. The van der Waals surface area contributed by atoms with Crippen molar-refractivity contribution in [3.05, 3.63) is 52.0 Å². The number of hydrogen-bond acceptors (Lipinski definition) is 11. The maximum atomic E-state index is 14.5. The zero-order valence-electron chi connectivity index (χ0n) is 20.9. The van der Waals surface area contributed by atoms with E-state index < -0.39 is 67.5 Å². The van der Waals surface area contributed by atoms with Gasteiger partial charge in [0, 0.05) is 6.20 Å². The molecule has 1 aromatic heterocycles. The van der Waals surface area contributed by atoms with Gasteiger partial charge < -0.3 is 34.5 Å². The average Bonchev–Trinajstić information content (AvgIpc) is 3.11. The number of para-hydroxylation sites is 1. The Bertz CT molecular complexity index is 1280. The summed E-state index contributed by atoms with van der Waals surface area (Å²) in [4.78, 5) is 28.2. The molecule has 1 aromatic carbocycles. The Morgan fingerprint density at radius 1 is 1.33 bits per heavy atom. The molecule has 216 valence electrons. The summed E-state index contributed by atoms with van der Waals surface area (Å²) >= 11 is 11.4. The molecule has 0 bridgehead atoms. The van der Waals surface area contributed by atoms with Gasteiger partial charge in [0.1, 0.15) is 29.8 Å². The van der Waals surface area contributed by atoms with E-state index in [4.69, 9.17) is 47.7 Å². The molecule has 0 radical (unpaired) electrons. The van der Waals surface area contributed by atoms with Gasteiger partial charge in [-0.15, -0.1) is 0 Å². The molecule has 12 nitrogen and oxygen atoms in total. The Kier molecular flexibility index (Phi) is 10.0. The third-order valence-corrected chi connectivity index (χ3v) is 8.29. The zero-order valence-corrected chi connectivity index (χ0v) is 23.4. The average molecular weight is 613 g/mol. The van der Waals surface area contributed by atoms with Crippen LogP contribution >= 0.6 is 18.2 Å². The van der Waals surface area contributed by atoms with Gasteiger partial charge in [0.2, 0.25) is 0 Å². The van der Waals surface area contributed by atoms with Crippen molar-refractivity contribution >= 4 is 41.8 Å². The first kappa shape index (κ1) is 31.3. The van der Waals surface area contributed by atoms with Crippen molar-refractivity contribution in [3.63, 3.8) is 0 Å². The SMILES string of the molecule is CC(C)OC(=O)[C@H](C)NP(=S)(OC[C@@]1(C(F)F)O[C@@H](n2cc(Cl)c(N)nc2=O)[C@@H](O)[C@@H]1O)Oc1ccccc1. The molecule has 0 amide bonds. The molecule has 1 fully saturated rings. The Labute approximate surface area is 232 Å². The molecule has 3 rings (SSSR count). The lowest BCUT2D eigenvalue weighted by Gasteiger charge is -2.34. The van der Waals surface area contributed by atoms with Gasteiger partial charge in [0.15, 0.2) is 11.8 Å². The van der Waals surface area contributed by atoms with E-state index in [1.165, 1.54) is 19.1 Å². The van der Waals surface area contributed by atoms with E-state index in [0.29, 0.717) is 4.57 Å². The highest BCUT2D eigenvalue weighted by Gasteiger charge is 2.61. The fourth-order valence-electron chi connectivity index (χ4n) is 3.55. The number of anilines is 1. The van der Waals surface area contributed by atoms with E-state index in [9.17, 15) is 28.6 Å². The molecule has 1 aliphatic rings. The van der Waals surface area contributed by atoms with Crippen LogP contribution < -0.4 is 21.0 Å². The first-order valence-corrected chi connectivity index (χ1v) is 14.5. The van der Waals surface area contributed by atoms with Gasteiger partial charge in [0.05, 0.1) is 17.7 Å². The van der Waals surface area contributed by atoms with Crippen LogP contribution in [0.25, 0.3) is 0 Å². The number of alkyl halides is 2. The van der Waals surface area contributed by atoms with E-state index in [0.717, 1.165) is 6.20 Å². The molecule has 39 heavy (non-hydrogen) atoms. The number of aromatic nitrogens is 2. The van der Waals surface area contributed by atoms with Crippen LogP contribution in [-0.2, 0) is 30.6 Å². The zero-order chi connectivity index (χ0) is 29.1. The summed E-state index contributed by atoms with van der Waals surface area (Å²) in [5, 5.41) is 23.8. The molecular weight excluding hydrogens is 585 g/mol. The molecule has 0 aliphatic carbocycles. The molecule has 2 aromatic rings. The number of nitrogens with one attached hydrogen (secondary N) is 1. The smallest absolute Gasteiger partial charge is 0.351 e. The Balaban J connectivity index is 1.92. The van der Waals surface area contributed by atoms with Gasteiger partial charge >= 0.3 is 18.3 Å². The van der Waals surface area contributed by atoms with Gasteiger partial charge in [-0.2, -0.15) is 4.98 Å². The second-order valence-electron chi connectivity index (χ2n) is 8.88. The minimum Gasteiger partial charge on any atom is -0.462 e. The minimum absolute atomic E-state index is 0.198. The fourth-order valence-corrected chi connectivity index (χ4v) is 6.12. The molecule has 6 atom stereocenters. The van der Waals surface area contributed by atoms with Crippen molar-refractivity contribution in [1.82, 2.24) is 14.6 Å². The highest BCUT2D eigenvalue weighted by atomic mass is 35.5. The molecule has 1 unspecified atom stereocenters. The molecule has 0 saturated carbocycles. The van der Waals surface area contributed by atoms with E-state index in [1.54, 1.807) is 32.0 Å². The number of benzene rings is 1. The molecule has 17 heteroatoms. The molecule has 5 N–H and O–H groups in total. The predicted octanol–water partition coefficient (Wildman–Crippen LogP) is 1.98. The first-order chi connectivity index (χ1) is 18.2. The third kappa shape index (κ3) is 7.11. The molecule has 0 spiro atoms. The monoisotopic (exact) mass is 612 g/mol. The fraction of sp³-hybridized carbons (Fsp3) is 0.500. The van der Waals surface area contributed by atoms with Crippen molar-refractivity contribution in [2.24, 2.45) is 0 Å². The number of carbonyl (C=O) groups is 1. The topological polar surface area (TPSA) is 167 Å². The Morgan fingerprint density at radius 3 is 2.56 bits per heavy atom. The summed E-state index contributed by atoms with van der Waals surface area (Å²) in [7, 11) is 0. The highest BCUT2D eigenvalue weighted by Crippen LogP contribution is 2.49. The van der Waals surface area contributed by atoms with Gasteiger partial charge in [-0.3, -0.25) is 9.36 Å². The van der Waals surface area contributed by atoms with E-state index >= 15 is 0 Å². The Morgan fingerprint density at radius 2 is 1.97 bits per heavy atom. The van der Waals surface area contributed by atoms with Crippen LogP contribution in [0.15, 0.2) is 41.3 Å². The number of nitrogens with zero attached hydrogens (tertiary/aromatic N) is 2. The number of nitrogens with two attached hydrogens (primary N) is 1. The summed E-state index contributed by atoms with van der Waals surface area (Å²) < 4.78 is 51.6. The van der Waals surface area contributed by atoms with Crippen LogP contribution in [0.1, 0.15) is 27.0 Å². The quantitative estimate of drug-likeness (QED) is 0.215. The lowest BCUT2D eigenvalue weighted by atomic mass is 9.96. The first-order valence-electron chi connectivity index (χ1n) is 11.5. The van der Waals surface area contributed by atoms with Crippen LogP contribution in [-0.4, -0.2) is 68.7 Å². The number of ether oxygens (including phenoxy) is 2. The summed E-state index contributed by atoms with van der Waals surface area (Å²) in [5.74, 6) is -0.837. The summed E-state index contributed by atoms with van der Waals surface area (Å²) in [6.07, 6.45) is -9.11. The summed E-state index contributed by atoms with van der Waals surface area (Å²) in [5.41, 5.74) is 1.53. The van der Waals surface area contributed by atoms with Crippen molar-refractivity contribution in [3.8, 4) is 5.75 Å². The van der Waals surface area contributed by atoms with Gasteiger partial charge in [-0.1, -0.05) is 29.8 Å². The number of aliphatic hydroxyl groups is 2. The van der Waals surface area contributed by atoms with E-state index in [-0.39, 0.29) is 16.6 Å². The predicted molar refractivity (Wildman–Crippen MR) is 140 cm³/mol. The number of esters is 1. The van der Waals surface area contributed by atoms with Gasteiger partial charge in [-0.05, 0) is 44.7 Å². The largest absolute Gasteiger partial charge is 0.462 e. The molecular formula is C22H28ClF2N4O8PS. The van der Waals surface area contributed by atoms with Crippen molar-refractivity contribution in [2.75, 3.05) is 12.3 Å². The van der Waals surface area contributed by atoms with Crippen molar-refractivity contribution in [2.45, 2.75) is 63.4 Å². The second kappa shape index (κ2) is 12.5. The summed E-state index contributed by atoms with van der Waals surface area (Å²) in [6.45, 7) is -0.260. The number of rotatable bonds is 11. The van der Waals surface area contributed by atoms with Crippen LogP contribution in [0.3, 0.4) is 0 Å². The number of carbonyl (C=O) groups excluding carboxylic acids is 1. The van der Waals surface area contributed by atoms with E-state index in [2.05, 4.69) is 10.1 Å². The number of nitrogen functional groups attached to an aromatic ring is 1. The second-order valence-corrected chi connectivity index (χ2v) is 12.4. The van der Waals surface area contributed by atoms with Crippen LogP contribution in [0, 0.1) is 0 Å². The molecule has 2 heterocycles. The Hall–Kier alpha value is -2.23. The van der Waals surface area contributed by atoms with Crippen molar-refractivity contribution in [1.29, 1.82) is 0 Å². The normalized spacial score (nSPS) is 25.4. The summed E-state index contributed by atoms with van der Waals surface area (Å²) in [6, 6.07) is 6.91. The molecule has 1 aliphatic heterocycles. The number of aliphatic hydroxyl groups excluding tert-OH is 2. The van der Waals surface area contributed by atoms with Crippen LogP contribution in [0.4, 0.5) is 14.6 Å². The number of hydrogen-bond donors (Lipinski definition) is 4. The highest BCUT2D eigenvalue weighted by molar-refractivity contribution is 8.09. The number of halogens is 3. The maximum Gasteiger partial charge on any atom is 0.351 e. The lowest BCUT2D eigenvalue weighted by Crippen LogP contribution is -2.53. The van der Waals surface area contributed by atoms with Gasteiger partial charge in [0.25, 0.3) is 6.43 Å². The van der Waals surface area contributed by atoms with Crippen molar-refractivity contribution < 1.29 is 42.3 Å². The van der Waals surface area contributed by atoms with E-state index in [1.807, 2.05) is 0 Å². The van der Waals surface area contributed by atoms with Gasteiger partial charge in [-0.25, -0.2) is 18.7 Å². The third-order valence-electron chi connectivity index (χ3n) is 5.52. The minimum atomic E-state index is -3.83. The molecule has 1 saturated heterocycles. The lowest BCUT2D eigenvalue weighted by molar-refractivity contribution is -0.192. The van der Waals surface area contributed by atoms with Crippen LogP contribution in [0.5, 0.6) is 5.75 Å².